The molecule has 128 valence electrons. The van der Waals surface area contributed by atoms with Gasteiger partial charge in [-0.3, -0.25) is 4.90 Å². The summed E-state index contributed by atoms with van der Waals surface area (Å²) < 4.78 is 53.5. The predicted octanol–water partition coefficient (Wildman–Crippen LogP) is 4.17. The van der Waals surface area contributed by atoms with Crippen molar-refractivity contribution in [1.82, 2.24) is 4.90 Å². The summed E-state index contributed by atoms with van der Waals surface area (Å²) in [5.41, 5.74) is -0.0730. The van der Waals surface area contributed by atoms with E-state index in [1.807, 2.05) is 30.3 Å². The highest BCUT2D eigenvalue weighted by atomic mass is 19.4. The zero-order chi connectivity index (χ0) is 17.2. The Bertz CT molecular complexity index is 677. The molecule has 0 amide bonds. The van der Waals surface area contributed by atoms with Gasteiger partial charge in [-0.25, -0.2) is 4.39 Å². The minimum atomic E-state index is -4.56. The molecule has 3 rings (SSSR count). The van der Waals surface area contributed by atoms with Gasteiger partial charge in [0.25, 0.3) is 0 Å². The van der Waals surface area contributed by atoms with E-state index in [9.17, 15) is 17.6 Å². The number of nitrogens with zero attached hydrogens (tertiary/aromatic N) is 2. The lowest BCUT2D eigenvalue weighted by atomic mass is 10.1. The standard InChI is InChI=1S/C18H18F4N2/c19-16-8-4-7-15(18(20,21)22)17(16)24-11-9-23(10-12-24)13-14-5-2-1-3-6-14/h1-8H,9-13H2. The first-order valence-corrected chi connectivity index (χ1v) is 7.82. The van der Waals surface area contributed by atoms with Crippen LogP contribution in [0.4, 0.5) is 23.2 Å². The third-order valence-electron chi connectivity index (χ3n) is 4.23. The Kier molecular flexibility index (Phi) is 4.76. The first-order chi connectivity index (χ1) is 11.4. The smallest absolute Gasteiger partial charge is 0.366 e. The van der Waals surface area contributed by atoms with Crippen molar-refractivity contribution in [2.45, 2.75) is 12.7 Å². The molecule has 2 nitrogen and oxygen atoms in total. The van der Waals surface area contributed by atoms with E-state index >= 15 is 0 Å². The number of piperazine rings is 1. The number of rotatable bonds is 3. The molecule has 6 heteroatoms. The molecule has 2 aromatic rings. The van der Waals surface area contributed by atoms with E-state index in [-0.39, 0.29) is 5.69 Å². The fraction of sp³-hybridized carbons (Fsp3) is 0.333. The molecule has 0 N–H and O–H groups in total. The van der Waals surface area contributed by atoms with Crippen molar-refractivity contribution in [2.75, 3.05) is 31.1 Å². The molecule has 0 aromatic heterocycles. The van der Waals surface area contributed by atoms with Crippen LogP contribution in [0, 0.1) is 5.82 Å². The first-order valence-electron chi connectivity index (χ1n) is 7.82. The molecule has 0 atom stereocenters. The van der Waals surface area contributed by atoms with Crippen LogP contribution in [0.25, 0.3) is 0 Å². The van der Waals surface area contributed by atoms with Gasteiger partial charge in [-0.1, -0.05) is 36.4 Å². The van der Waals surface area contributed by atoms with E-state index in [0.29, 0.717) is 26.2 Å². The van der Waals surface area contributed by atoms with Crippen LogP contribution in [0.1, 0.15) is 11.1 Å². The van der Waals surface area contributed by atoms with Crippen LogP contribution < -0.4 is 4.90 Å². The summed E-state index contributed by atoms with van der Waals surface area (Å²) in [5, 5.41) is 0. The maximum atomic E-state index is 14.1. The summed E-state index contributed by atoms with van der Waals surface area (Å²) >= 11 is 0. The molecule has 1 heterocycles. The molecule has 0 spiro atoms. The number of halogens is 4. The van der Waals surface area contributed by atoms with Crippen molar-refractivity contribution in [2.24, 2.45) is 0 Å². The second kappa shape index (κ2) is 6.81. The molecule has 0 bridgehead atoms. The van der Waals surface area contributed by atoms with E-state index in [4.69, 9.17) is 0 Å². The van der Waals surface area contributed by atoms with E-state index in [1.165, 1.54) is 4.90 Å². The lowest BCUT2D eigenvalue weighted by Gasteiger charge is -2.37. The molecule has 24 heavy (non-hydrogen) atoms. The zero-order valence-corrected chi connectivity index (χ0v) is 13.1. The molecule has 2 aromatic carbocycles. The van der Waals surface area contributed by atoms with Crippen LogP contribution in [-0.2, 0) is 12.7 Å². The molecular weight excluding hydrogens is 320 g/mol. The van der Waals surface area contributed by atoms with Crippen molar-refractivity contribution >= 4 is 5.69 Å². The highest BCUT2D eigenvalue weighted by Crippen LogP contribution is 2.38. The van der Waals surface area contributed by atoms with Crippen LogP contribution >= 0.6 is 0 Å². The molecule has 1 fully saturated rings. The number of anilines is 1. The minimum absolute atomic E-state index is 0.329. The van der Waals surface area contributed by atoms with Gasteiger partial charge in [-0.2, -0.15) is 13.2 Å². The topological polar surface area (TPSA) is 6.48 Å². The third kappa shape index (κ3) is 3.70. The Morgan fingerprint density at radius 3 is 2.12 bits per heavy atom. The Labute approximate surface area is 138 Å². The molecule has 0 aliphatic carbocycles. The van der Waals surface area contributed by atoms with E-state index in [2.05, 4.69) is 4.90 Å². The lowest BCUT2D eigenvalue weighted by Crippen LogP contribution is -2.46. The van der Waals surface area contributed by atoms with Crippen LogP contribution in [0.5, 0.6) is 0 Å². The fourth-order valence-electron chi connectivity index (χ4n) is 3.04. The molecule has 0 saturated carbocycles. The maximum Gasteiger partial charge on any atom is 0.418 e. The van der Waals surface area contributed by atoms with Crippen molar-refractivity contribution in [3.8, 4) is 0 Å². The molecule has 0 radical (unpaired) electrons. The molecule has 1 aliphatic heterocycles. The Balaban J connectivity index is 1.71. The number of benzene rings is 2. The first kappa shape index (κ1) is 16.8. The van der Waals surface area contributed by atoms with E-state index in [1.54, 1.807) is 0 Å². The van der Waals surface area contributed by atoms with Crippen LogP contribution in [0.3, 0.4) is 0 Å². The van der Waals surface area contributed by atoms with Gasteiger partial charge in [-0.15, -0.1) is 0 Å². The number of hydrogen-bond acceptors (Lipinski definition) is 2. The van der Waals surface area contributed by atoms with Crippen LogP contribution in [0.15, 0.2) is 48.5 Å². The molecule has 1 aliphatic rings. The lowest BCUT2D eigenvalue weighted by molar-refractivity contribution is -0.137. The molecular formula is C18H18F4N2. The number of hydrogen-bond donors (Lipinski definition) is 0. The fourth-order valence-corrected chi connectivity index (χ4v) is 3.04. The van der Waals surface area contributed by atoms with E-state index in [0.717, 1.165) is 30.3 Å². The highest BCUT2D eigenvalue weighted by Gasteiger charge is 2.37. The summed E-state index contributed by atoms with van der Waals surface area (Å²) in [6, 6.07) is 13.0. The molecule has 0 unspecified atom stereocenters. The van der Waals surface area contributed by atoms with Gasteiger partial charge < -0.3 is 4.90 Å². The van der Waals surface area contributed by atoms with Gasteiger partial charge in [0.15, 0.2) is 0 Å². The second-order valence-electron chi connectivity index (χ2n) is 5.88. The average Bonchev–Trinajstić information content (AvgIpc) is 2.56. The van der Waals surface area contributed by atoms with Gasteiger partial charge in [0.05, 0.1) is 11.3 Å². The Hall–Kier alpha value is -2.08. The monoisotopic (exact) mass is 338 g/mol. The number of alkyl halides is 3. The van der Waals surface area contributed by atoms with Crippen LogP contribution in [0.2, 0.25) is 0 Å². The van der Waals surface area contributed by atoms with Gasteiger partial charge in [0.1, 0.15) is 5.82 Å². The Morgan fingerprint density at radius 2 is 1.50 bits per heavy atom. The maximum absolute atomic E-state index is 14.1. The zero-order valence-electron chi connectivity index (χ0n) is 13.1. The minimum Gasteiger partial charge on any atom is -0.366 e. The van der Waals surface area contributed by atoms with Gasteiger partial charge in [-0.05, 0) is 17.7 Å². The van der Waals surface area contributed by atoms with Crippen molar-refractivity contribution in [1.29, 1.82) is 0 Å². The van der Waals surface area contributed by atoms with Gasteiger partial charge in [0.2, 0.25) is 0 Å². The second-order valence-corrected chi connectivity index (χ2v) is 5.88. The normalized spacial score (nSPS) is 16.4. The quantitative estimate of drug-likeness (QED) is 0.775. The Morgan fingerprint density at radius 1 is 0.833 bits per heavy atom. The van der Waals surface area contributed by atoms with Crippen molar-refractivity contribution in [3.05, 3.63) is 65.5 Å². The van der Waals surface area contributed by atoms with Gasteiger partial charge in [0, 0.05) is 32.7 Å². The SMILES string of the molecule is Fc1cccc(C(F)(F)F)c1N1CCN(Cc2ccccc2)CC1. The summed E-state index contributed by atoms with van der Waals surface area (Å²) in [4.78, 5) is 3.67. The average molecular weight is 338 g/mol. The summed E-state index contributed by atoms with van der Waals surface area (Å²) in [6.07, 6.45) is -4.56. The van der Waals surface area contributed by atoms with Crippen molar-refractivity contribution < 1.29 is 17.6 Å². The molecule has 1 saturated heterocycles. The van der Waals surface area contributed by atoms with Crippen LogP contribution in [-0.4, -0.2) is 31.1 Å². The predicted molar refractivity (Wildman–Crippen MR) is 85.3 cm³/mol. The summed E-state index contributed by atoms with van der Waals surface area (Å²) in [5.74, 6) is -0.818. The summed E-state index contributed by atoms with van der Waals surface area (Å²) in [6.45, 7) is 2.69. The third-order valence-corrected chi connectivity index (χ3v) is 4.23. The number of para-hydroxylation sites is 1. The van der Waals surface area contributed by atoms with E-state index < -0.39 is 17.6 Å². The summed E-state index contributed by atoms with van der Waals surface area (Å²) in [7, 11) is 0. The van der Waals surface area contributed by atoms with Crippen molar-refractivity contribution in [3.63, 3.8) is 0 Å². The largest absolute Gasteiger partial charge is 0.418 e. The highest BCUT2D eigenvalue weighted by molar-refractivity contribution is 5.56. The van der Waals surface area contributed by atoms with Gasteiger partial charge >= 0.3 is 6.18 Å².